The molecule has 0 aliphatic rings. The molecule has 0 N–H and O–H groups in total. The highest BCUT2D eigenvalue weighted by molar-refractivity contribution is 5.69. The van der Waals surface area contributed by atoms with E-state index >= 15 is 0 Å². The quantitative estimate of drug-likeness (QED) is 0.421. The number of carbonyl (C=O) groups is 1. The van der Waals surface area contributed by atoms with Gasteiger partial charge in [-0.2, -0.15) is 0 Å². The van der Waals surface area contributed by atoms with Crippen molar-refractivity contribution in [2.75, 3.05) is 33.5 Å². The van der Waals surface area contributed by atoms with Crippen LogP contribution in [0.15, 0.2) is 0 Å². The van der Waals surface area contributed by atoms with Gasteiger partial charge in [0.1, 0.15) is 6.61 Å². The van der Waals surface area contributed by atoms with Gasteiger partial charge in [0, 0.05) is 13.7 Å². The fourth-order valence-electron chi connectivity index (χ4n) is 0.611. The Morgan fingerprint density at radius 2 is 2.00 bits per heavy atom. The minimum absolute atomic E-state index is 0.236. The third-order valence-electron chi connectivity index (χ3n) is 1.21. The highest BCUT2D eigenvalue weighted by Crippen LogP contribution is 1.87. The first-order chi connectivity index (χ1) is 5.81. The molecule has 0 aromatic carbocycles. The first kappa shape index (κ1) is 11.4. The van der Waals surface area contributed by atoms with Gasteiger partial charge in [-0.05, 0) is 6.92 Å². The van der Waals surface area contributed by atoms with Gasteiger partial charge in [-0.25, -0.2) is 0 Å². The molecule has 0 aromatic rings. The van der Waals surface area contributed by atoms with Gasteiger partial charge in [-0.1, -0.05) is 0 Å². The van der Waals surface area contributed by atoms with Crippen molar-refractivity contribution in [3.05, 3.63) is 0 Å². The number of ether oxygens (including phenoxy) is 3. The maximum atomic E-state index is 10.8. The van der Waals surface area contributed by atoms with E-state index in [2.05, 4.69) is 0 Å². The molecule has 0 radical (unpaired) electrons. The first-order valence-electron chi connectivity index (χ1n) is 4.03. The summed E-state index contributed by atoms with van der Waals surface area (Å²) in [6.45, 7) is 3.71. The Bertz CT molecular complexity index is 102. The molecule has 0 fully saturated rings. The summed E-state index contributed by atoms with van der Waals surface area (Å²) >= 11 is 0. The summed E-state index contributed by atoms with van der Waals surface area (Å²) in [5.41, 5.74) is 0. The van der Waals surface area contributed by atoms with E-state index in [0.29, 0.717) is 32.8 Å². The SMILES string of the molecule is CCOCCC(=O)OCCOC. The highest BCUT2D eigenvalue weighted by Gasteiger charge is 2.00. The van der Waals surface area contributed by atoms with E-state index in [9.17, 15) is 4.79 Å². The summed E-state index contributed by atoms with van der Waals surface area (Å²) in [7, 11) is 1.56. The lowest BCUT2D eigenvalue weighted by Crippen LogP contribution is -2.11. The van der Waals surface area contributed by atoms with Gasteiger partial charge in [0.25, 0.3) is 0 Å². The lowest BCUT2D eigenvalue weighted by Gasteiger charge is -2.03. The maximum absolute atomic E-state index is 10.8. The lowest BCUT2D eigenvalue weighted by atomic mass is 10.5. The van der Waals surface area contributed by atoms with Gasteiger partial charge >= 0.3 is 5.97 Å². The monoisotopic (exact) mass is 176 g/mol. The predicted molar refractivity (Wildman–Crippen MR) is 43.9 cm³/mol. The van der Waals surface area contributed by atoms with E-state index in [-0.39, 0.29) is 5.97 Å². The standard InChI is InChI=1S/C8H16O4/c1-3-11-5-4-8(9)12-7-6-10-2/h3-7H2,1-2H3. The number of hydrogen-bond donors (Lipinski definition) is 0. The zero-order valence-corrected chi connectivity index (χ0v) is 7.67. The predicted octanol–water partition coefficient (Wildman–Crippen LogP) is 0.603. The fourth-order valence-corrected chi connectivity index (χ4v) is 0.611. The number of esters is 1. The van der Waals surface area contributed by atoms with Crippen molar-refractivity contribution in [3.63, 3.8) is 0 Å². The Kier molecular flexibility index (Phi) is 8.05. The summed E-state index contributed by atoms with van der Waals surface area (Å²) in [6, 6.07) is 0. The first-order valence-corrected chi connectivity index (χ1v) is 4.03. The molecule has 0 saturated heterocycles. The summed E-state index contributed by atoms with van der Waals surface area (Å²) in [6.07, 6.45) is 0.317. The molecule has 0 spiro atoms. The zero-order chi connectivity index (χ0) is 9.23. The molecule has 0 saturated carbocycles. The van der Waals surface area contributed by atoms with Crippen LogP contribution >= 0.6 is 0 Å². The molecular weight excluding hydrogens is 160 g/mol. The van der Waals surface area contributed by atoms with E-state index in [1.165, 1.54) is 0 Å². The number of carbonyl (C=O) groups excluding carboxylic acids is 1. The summed E-state index contributed by atoms with van der Waals surface area (Å²) in [4.78, 5) is 10.8. The van der Waals surface area contributed by atoms with Gasteiger partial charge in [0.05, 0.1) is 19.6 Å². The smallest absolute Gasteiger partial charge is 0.308 e. The van der Waals surface area contributed by atoms with Crippen molar-refractivity contribution in [3.8, 4) is 0 Å². The van der Waals surface area contributed by atoms with Crippen LogP contribution in [0.2, 0.25) is 0 Å². The molecule has 0 aliphatic heterocycles. The third kappa shape index (κ3) is 7.50. The summed E-state index contributed by atoms with van der Waals surface area (Å²) < 4.78 is 14.5. The third-order valence-corrected chi connectivity index (χ3v) is 1.21. The van der Waals surface area contributed by atoms with Crippen molar-refractivity contribution in [1.29, 1.82) is 0 Å². The van der Waals surface area contributed by atoms with Crippen molar-refractivity contribution >= 4 is 5.97 Å². The van der Waals surface area contributed by atoms with Crippen molar-refractivity contribution < 1.29 is 19.0 Å². The zero-order valence-electron chi connectivity index (χ0n) is 7.67. The van der Waals surface area contributed by atoms with Crippen LogP contribution in [0.3, 0.4) is 0 Å². The molecule has 0 heterocycles. The minimum atomic E-state index is -0.236. The molecule has 4 heteroatoms. The molecule has 0 bridgehead atoms. The van der Waals surface area contributed by atoms with Crippen LogP contribution in [0.25, 0.3) is 0 Å². The van der Waals surface area contributed by atoms with E-state index in [0.717, 1.165) is 0 Å². The van der Waals surface area contributed by atoms with Crippen molar-refractivity contribution in [1.82, 2.24) is 0 Å². The van der Waals surface area contributed by atoms with Crippen LogP contribution in [0.5, 0.6) is 0 Å². The Hall–Kier alpha value is -0.610. The molecule has 72 valence electrons. The molecular formula is C8H16O4. The summed E-state index contributed by atoms with van der Waals surface area (Å²) in [5.74, 6) is -0.236. The fraction of sp³-hybridized carbons (Fsp3) is 0.875. The van der Waals surface area contributed by atoms with Gasteiger partial charge in [-0.15, -0.1) is 0 Å². The number of rotatable bonds is 7. The Morgan fingerprint density at radius 3 is 2.58 bits per heavy atom. The highest BCUT2D eigenvalue weighted by atomic mass is 16.6. The largest absolute Gasteiger partial charge is 0.463 e. The van der Waals surface area contributed by atoms with E-state index in [1.54, 1.807) is 7.11 Å². The van der Waals surface area contributed by atoms with E-state index in [4.69, 9.17) is 14.2 Å². The number of methoxy groups -OCH3 is 1. The van der Waals surface area contributed by atoms with Crippen LogP contribution in [-0.4, -0.2) is 39.5 Å². The van der Waals surface area contributed by atoms with Crippen molar-refractivity contribution in [2.24, 2.45) is 0 Å². The molecule has 0 aromatic heterocycles. The average Bonchev–Trinajstić information content (AvgIpc) is 2.06. The van der Waals surface area contributed by atoms with E-state index in [1.807, 2.05) is 6.92 Å². The van der Waals surface area contributed by atoms with Crippen LogP contribution in [-0.2, 0) is 19.0 Å². The van der Waals surface area contributed by atoms with Crippen LogP contribution in [0.4, 0.5) is 0 Å². The van der Waals surface area contributed by atoms with Gasteiger partial charge in [-0.3, -0.25) is 4.79 Å². The second-order valence-electron chi connectivity index (χ2n) is 2.16. The lowest BCUT2D eigenvalue weighted by molar-refractivity contribution is -0.146. The molecule has 0 unspecified atom stereocenters. The second kappa shape index (κ2) is 8.49. The van der Waals surface area contributed by atoms with Crippen LogP contribution in [0.1, 0.15) is 13.3 Å². The van der Waals surface area contributed by atoms with Crippen LogP contribution < -0.4 is 0 Å². The molecule has 12 heavy (non-hydrogen) atoms. The molecule has 0 atom stereocenters. The Balaban J connectivity index is 3.10. The van der Waals surface area contributed by atoms with Crippen LogP contribution in [0, 0.1) is 0 Å². The Morgan fingerprint density at radius 1 is 1.25 bits per heavy atom. The second-order valence-corrected chi connectivity index (χ2v) is 2.16. The normalized spacial score (nSPS) is 9.83. The van der Waals surface area contributed by atoms with E-state index < -0.39 is 0 Å². The van der Waals surface area contributed by atoms with Gasteiger partial charge in [0.2, 0.25) is 0 Å². The Labute approximate surface area is 72.8 Å². The summed E-state index contributed by atoms with van der Waals surface area (Å²) in [5, 5.41) is 0. The molecule has 4 nitrogen and oxygen atoms in total. The molecule has 0 aliphatic carbocycles. The molecule has 0 rings (SSSR count). The maximum Gasteiger partial charge on any atom is 0.308 e. The number of hydrogen-bond acceptors (Lipinski definition) is 4. The molecule has 0 amide bonds. The van der Waals surface area contributed by atoms with Gasteiger partial charge in [0.15, 0.2) is 0 Å². The minimum Gasteiger partial charge on any atom is -0.463 e. The topological polar surface area (TPSA) is 44.8 Å². The van der Waals surface area contributed by atoms with Crippen molar-refractivity contribution in [2.45, 2.75) is 13.3 Å². The van der Waals surface area contributed by atoms with Gasteiger partial charge < -0.3 is 14.2 Å². The average molecular weight is 176 g/mol.